The standard InChI is InChI=1S/C18H23BrN4O3/c1-18(2,3)26-17(25)23-14-6-5-12(19)11-13(14)15(20-23)16(24)22-9-7-21(4)8-10-22/h5-6,11H,7-10H2,1-4H3. The van der Waals surface area contributed by atoms with Crippen LogP contribution < -0.4 is 0 Å². The SMILES string of the molecule is CN1CCN(C(=O)c2nn(C(=O)OC(C)(C)C)c3ccc(Br)cc23)CC1. The molecule has 1 fully saturated rings. The summed E-state index contributed by atoms with van der Waals surface area (Å²) < 4.78 is 7.43. The highest BCUT2D eigenvalue weighted by Crippen LogP contribution is 2.25. The Kier molecular flexibility index (Phi) is 5.07. The van der Waals surface area contributed by atoms with E-state index in [1.807, 2.05) is 19.2 Å². The number of fused-ring (bicyclic) bond motifs is 1. The first-order valence-electron chi connectivity index (χ1n) is 8.55. The number of benzene rings is 1. The number of hydrogen-bond acceptors (Lipinski definition) is 5. The minimum Gasteiger partial charge on any atom is -0.442 e. The van der Waals surface area contributed by atoms with Gasteiger partial charge in [-0.15, -0.1) is 0 Å². The lowest BCUT2D eigenvalue weighted by Crippen LogP contribution is -2.47. The smallest absolute Gasteiger partial charge is 0.435 e. The van der Waals surface area contributed by atoms with Crippen molar-refractivity contribution in [2.75, 3.05) is 33.2 Å². The molecule has 7 nitrogen and oxygen atoms in total. The van der Waals surface area contributed by atoms with Gasteiger partial charge in [-0.3, -0.25) is 4.79 Å². The minimum atomic E-state index is -0.646. The second-order valence-electron chi connectivity index (χ2n) is 7.50. The van der Waals surface area contributed by atoms with Crippen molar-refractivity contribution in [2.24, 2.45) is 0 Å². The van der Waals surface area contributed by atoms with Crippen molar-refractivity contribution < 1.29 is 14.3 Å². The van der Waals surface area contributed by atoms with Crippen LogP contribution in [0.15, 0.2) is 22.7 Å². The van der Waals surface area contributed by atoms with E-state index in [4.69, 9.17) is 4.74 Å². The molecule has 0 saturated carbocycles. The molecule has 8 heteroatoms. The Labute approximate surface area is 161 Å². The van der Waals surface area contributed by atoms with E-state index >= 15 is 0 Å². The molecular weight excluding hydrogens is 400 g/mol. The summed E-state index contributed by atoms with van der Waals surface area (Å²) in [6, 6.07) is 5.39. The summed E-state index contributed by atoms with van der Waals surface area (Å²) in [5, 5.41) is 4.96. The molecular formula is C18H23BrN4O3. The molecule has 0 N–H and O–H groups in total. The van der Waals surface area contributed by atoms with Gasteiger partial charge in [0.25, 0.3) is 5.91 Å². The van der Waals surface area contributed by atoms with Crippen molar-refractivity contribution >= 4 is 38.8 Å². The van der Waals surface area contributed by atoms with Gasteiger partial charge >= 0.3 is 6.09 Å². The van der Waals surface area contributed by atoms with Gasteiger partial charge in [0.05, 0.1) is 5.52 Å². The lowest BCUT2D eigenvalue weighted by Gasteiger charge is -2.32. The van der Waals surface area contributed by atoms with Crippen molar-refractivity contribution in [3.63, 3.8) is 0 Å². The number of piperazine rings is 1. The summed E-state index contributed by atoms with van der Waals surface area (Å²) in [6.45, 7) is 8.31. The van der Waals surface area contributed by atoms with Gasteiger partial charge in [0.2, 0.25) is 0 Å². The van der Waals surface area contributed by atoms with E-state index in [0.29, 0.717) is 24.0 Å². The predicted octanol–water partition coefficient (Wildman–Crippen LogP) is 2.97. The Hall–Kier alpha value is -1.93. The van der Waals surface area contributed by atoms with Crippen molar-refractivity contribution in [1.82, 2.24) is 19.6 Å². The van der Waals surface area contributed by atoms with Crippen LogP contribution in [0.2, 0.25) is 0 Å². The second-order valence-corrected chi connectivity index (χ2v) is 8.41. The third-order valence-electron chi connectivity index (χ3n) is 4.20. The quantitative estimate of drug-likeness (QED) is 0.706. The molecule has 2 heterocycles. The van der Waals surface area contributed by atoms with Crippen molar-refractivity contribution in [3.8, 4) is 0 Å². The average Bonchev–Trinajstić information content (AvgIpc) is 2.92. The lowest BCUT2D eigenvalue weighted by molar-refractivity contribution is 0.0521. The van der Waals surface area contributed by atoms with E-state index in [1.165, 1.54) is 4.68 Å². The van der Waals surface area contributed by atoms with E-state index in [2.05, 4.69) is 25.9 Å². The van der Waals surface area contributed by atoms with Crippen LogP contribution in [0.4, 0.5) is 4.79 Å². The number of carbonyl (C=O) groups is 2. The average molecular weight is 423 g/mol. The first-order chi connectivity index (χ1) is 12.2. The zero-order valence-electron chi connectivity index (χ0n) is 15.5. The minimum absolute atomic E-state index is 0.163. The summed E-state index contributed by atoms with van der Waals surface area (Å²) in [6.07, 6.45) is -0.595. The summed E-state index contributed by atoms with van der Waals surface area (Å²) in [4.78, 5) is 29.5. The van der Waals surface area contributed by atoms with Gasteiger partial charge in [0.15, 0.2) is 5.69 Å². The van der Waals surface area contributed by atoms with E-state index in [0.717, 1.165) is 17.6 Å². The molecule has 0 atom stereocenters. The molecule has 0 unspecified atom stereocenters. The Morgan fingerprint density at radius 2 is 1.81 bits per heavy atom. The number of hydrogen-bond donors (Lipinski definition) is 0. The second kappa shape index (κ2) is 7.00. The van der Waals surface area contributed by atoms with Crippen molar-refractivity contribution in [3.05, 3.63) is 28.4 Å². The summed E-state index contributed by atoms with van der Waals surface area (Å²) in [5.41, 5.74) is 0.184. The molecule has 0 radical (unpaired) electrons. The van der Waals surface area contributed by atoms with Crippen LogP contribution in [-0.2, 0) is 4.74 Å². The molecule has 2 aromatic rings. The number of halogens is 1. The highest BCUT2D eigenvalue weighted by atomic mass is 79.9. The van der Waals surface area contributed by atoms with Gasteiger partial charge in [-0.2, -0.15) is 9.78 Å². The van der Waals surface area contributed by atoms with Crippen LogP contribution in [0.5, 0.6) is 0 Å². The van der Waals surface area contributed by atoms with Crippen molar-refractivity contribution in [1.29, 1.82) is 0 Å². The van der Waals surface area contributed by atoms with Gasteiger partial charge in [-0.1, -0.05) is 15.9 Å². The third-order valence-corrected chi connectivity index (χ3v) is 4.69. The number of aromatic nitrogens is 2. The van der Waals surface area contributed by atoms with Crippen LogP contribution in [0.3, 0.4) is 0 Å². The van der Waals surface area contributed by atoms with Gasteiger partial charge in [-0.25, -0.2) is 4.79 Å². The van der Waals surface area contributed by atoms with Gasteiger partial charge in [0.1, 0.15) is 5.60 Å². The molecule has 1 amide bonds. The van der Waals surface area contributed by atoms with Crippen LogP contribution in [-0.4, -0.2) is 70.4 Å². The van der Waals surface area contributed by atoms with Crippen molar-refractivity contribution in [2.45, 2.75) is 26.4 Å². The topological polar surface area (TPSA) is 67.7 Å². The van der Waals surface area contributed by atoms with Gasteiger partial charge < -0.3 is 14.5 Å². The fourth-order valence-electron chi connectivity index (χ4n) is 2.85. The van der Waals surface area contributed by atoms with E-state index in [-0.39, 0.29) is 11.6 Å². The van der Waals surface area contributed by atoms with Crippen LogP contribution in [0.1, 0.15) is 31.3 Å². The lowest BCUT2D eigenvalue weighted by atomic mass is 10.2. The first-order valence-corrected chi connectivity index (χ1v) is 9.34. The van der Waals surface area contributed by atoms with Crippen LogP contribution in [0, 0.1) is 0 Å². The number of amides is 1. The number of nitrogens with zero attached hydrogens (tertiary/aromatic N) is 4. The molecule has 26 heavy (non-hydrogen) atoms. The highest BCUT2D eigenvalue weighted by molar-refractivity contribution is 9.10. The Morgan fingerprint density at radius 1 is 1.15 bits per heavy atom. The maximum atomic E-state index is 13.0. The zero-order valence-corrected chi connectivity index (χ0v) is 17.0. The molecule has 0 bridgehead atoms. The molecule has 0 spiro atoms. The van der Waals surface area contributed by atoms with E-state index in [1.54, 1.807) is 31.7 Å². The molecule has 1 aromatic heterocycles. The number of ether oxygens (including phenoxy) is 1. The normalized spacial score (nSPS) is 16.1. The molecule has 1 aliphatic rings. The predicted molar refractivity (Wildman–Crippen MR) is 102 cm³/mol. The summed E-state index contributed by atoms with van der Waals surface area (Å²) in [7, 11) is 2.03. The highest BCUT2D eigenvalue weighted by Gasteiger charge is 2.28. The van der Waals surface area contributed by atoms with Gasteiger partial charge in [0, 0.05) is 36.0 Å². The molecule has 140 valence electrons. The maximum Gasteiger partial charge on any atom is 0.435 e. The molecule has 1 aliphatic heterocycles. The Morgan fingerprint density at radius 3 is 2.42 bits per heavy atom. The largest absolute Gasteiger partial charge is 0.442 e. The van der Waals surface area contributed by atoms with Crippen LogP contribution >= 0.6 is 15.9 Å². The fourth-order valence-corrected chi connectivity index (χ4v) is 3.21. The molecule has 3 rings (SSSR count). The first kappa shape index (κ1) is 18.8. The maximum absolute atomic E-state index is 13.0. The zero-order chi connectivity index (χ0) is 19.1. The van der Waals surface area contributed by atoms with Gasteiger partial charge in [-0.05, 0) is 46.0 Å². The molecule has 1 saturated heterocycles. The fraction of sp³-hybridized carbons (Fsp3) is 0.500. The summed E-state index contributed by atoms with van der Waals surface area (Å²) >= 11 is 3.43. The monoisotopic (exact) mass is 422 g/mol. The van der Waals surface area contributed by atoms with E-state index < -0.39 is 11.7 Å². The van der Waals surface area contributed by atoms with E-state index in [9.17, 15) is 9.59 Å². The number of likely N-dealkylation sites (N-methyl/N-ethyl adjacent to an activating group) is 1. The Bertz CT molecular complexity index is 848. The summed E-state index contributed by atoms with van der Waals surface area (Å²) in [5.74, 6) is -0.163. The number of carbonyl (C=O) groups excluding carboxylic acids is 2. The Balaban J connectivity index is 2.01. The van der Waals surface area contributed by atoms with Crippen LogP contribution in [0.25, 0.3) is 10.9 Å². The molecule has 0 aliphatic carbocycles. The number of rotatable bonds is 1. The molecule has 1 aromatic carbocycles. The third kappa shape index (κ3) is 3.91.